The quantitative estimate of drug-likeness (QED) is 0.429. The van der Waals surface area contributed by atoms with Crippen LogP contribution in [0.2, 0.25) is 0 Å². The van der Waals surface area contributed by atoms with Gasteiger partial charge in [0, 0.05) is 46.0 Å². The minimum absolute atomic E-state index is 0. The topological polar surface area (TPSA) is 43.8 Å². The molecule has 0 saturated carbocycles. The van der Waals surface area contributed by atoms with Gasteiger partial charge < -0.3 is 15.1 Å². The first kappa shape index (κ1) is 21.0. The van der Waals surface area contributed by atoms with E-state index in [1.54, 1.807) is 0 Å². The van der Waals surface area contributed by atoms with E-state index in [0.29, 0.717) is 5.41 Å². The second-order valence-electron chi connectivity index (χ2n) is 6.93. The molecule has 0 unspecified atom stereocenters. The van der Waals surface area contributed by atoms with E-state index in [2.05, 4.69) is 64.9 Å². The Labute approximate surface area is 163 Å². The van der Waals surface area contributed by atoms with Gasteiger partial charge in [-0.15, -0.1) is 24.0 Å². The van der Waals surface area contributed by atoms with E-state index in [1.165, 1.54) is 12.0 Å². The standard InChI is InChI=1S/C18H31N5.HI/c1-6-22(7-2)16-9-8-15(12-20-16)13-21-17(19-5)23-11-10-18(3,4)14-23;/h8-9,12H,6-7,10-11,13-14H2,1-5H3,(H,19,21);1H. The molecule has 6 heteroatoms. The first-order valence-electron chi connectivity index (χ1n) is 8.64. The number of hydrogen-bond donors (Lipinski definition) is 1. The fraction of sp³-hybridized carbons (Fsp3) is 0.667. The van der Waals surface area contributed by atoms with Crippen molar-refractivity contribution in [1.29, 1.82) is 0 Å². The summed E-state index contributed by atoms with van der Waals surface area (Å²) in [5.41, 5.74) is 1.56. The fourth-order valence-corrected chi connectivity index (χ4v) is 3.06. The normalized spacial score (nSPS) is 16.7. The van der Waals surface area contributed by atoms with Crippen LogP contribution in [0.4, 0.5) is 5.82 Å². The summed E-state index contributed by atoms with van der Waals surface area (Å²) in [5.74, 6) is 2.04. The van der Waals surface area contributed by atoms with Gasteiger partial charge in [-0.25, -0.2) is 4.98 Å². The van der Waals surface area contributed by atoms with E-state index in [4.69, 9.17) is 0 Å². The van der Waals surface area contributed by atoms with Crippen molar-refractivity contribution in [1.82, 2.24) is 15.2 Å². The van der Waals surface area contributed by atoms with Crippen LogP contribution in [0.5, 0.6) is 0 Å². The minimum atomic E-state index is 0. The van der Waals surface area contributed by atoms with Crippen molar-refractivity contribution >= 4 is 35.8 Å². The van der Waals surface area contributed by atoms with Gasteiger partial charge in [-0.2, -0.15) is 0 Å². The zero-order valence-corrected chi connectivity index (χ0v) is 18.0. The number of hydrogen-bond acceptors (Lipinski definition) is 3. The number of likely N-dealkylation sites (tertiary alicyclic amines) is 1. The van der Waals surface area contributed by atoms with Gasteiger partial charge in [-0.1, -0.05) is 19.9 Å². The van der Waals surface area contributed by atoms with Crippen LogP contribution in [-0.4, -0.2) is 49.1 Å². The van der Waals surface area contributed by atoms with Crippen LogP contribution in [0.25, 0.3) is 0 Å². The van der Waals surface area contributed by atoms with Crippen LogP contribution < -0.4 is 10.2 Å². The number of anilines is 1. The Morgan fingerprint density at radius 2 is 2.04 bits per heavy atom. The molecular weight excluding hydrogens is 413 g/mol. The van der Waals surface area contributed by atoms with Gasteiger partial charge in [0.25, 0.3) is 0 Å². The molecule has 0 radical (unpaired) electrons. The summed E-state index contributed by atoms with van der Waals surface area (Å²) in [6.45, 7) is 13.8. The Morgan fingerprint density at radius 1 is 1.33 bits per heavy atom. The highest BCUT2D eigenvalue weighted by atomic mass is 127. The lowest BCUT2D eigenvalue weighted by molar-refractivity contribution is 0.370. The highest BCUT2D eigenvalue weighted by Gasteiger charge is 2.30. The predicted molar refractivity (Wildman–Crippen MR) is 113 cm³/mol. The molecule has 2 rings (SSSR count). The molecule has 24 heavy (non-hydrogen) atoms. The van der Waals surface area contributed by atoms with E-state index in [-0.39, 0.29) is 24.0 Å². The lowest BCUT2D eigenvalue weighted by atomic mass is 9.93. The molecule has 136 valence electrons. The van der Waals surface area contributed by atoms with Gasteiger partial charge in [-0.3, -0.25) is 4.99 Å². The highest BCUT2D eigenvalue weighted by Crippen LogP contribution is 2.28. The Bertz CT molecular complexity index is 523. The molecule has 1 saturated heterocycles. The third-order valence-electron chi connectivity index (χ3n) is 4.54. The number of aromatic nitrogens is 1. The second-order valence-corrected chi connectivity index (χ2v) is 6.93. The van der Waals surface area contributed by atoms with Crippen LogP contribution >= 0.6 is 24.0 Å². The maximum absolute atomic E-state index is 4.58. The number of halogens is 1. The Kier molecular flexibility index (Phi) is 8.26. The van der Waals surface area contributed by atoms with Crippen LogP contribution in [0.15, 0.2) is 23.3 Å². The molecule has 1 aliphatic heterocycles. The second kappa shape index (κ2) is 9.44. The Balaban J connectivity index is 0.00000288. The summed E-state index contributed by atoms with van der Waals surface area (Å²) in [5, 5.41) is 3.46. The number of nitrogens with one attached hydrogen (secondary N) is 1. The Morgan fingerprint density at radius 3 is 2.50 bits per heavy atom. The van der Waals surface area contributed by atoms with E-state index >= 15 is 0 Å². The molecule has 0 atom stereocenters. The predicted octanol–water partition coefficient (Wildman–Crippen LogP) is 3.35. The van der Waals surface area contributed by atoms with Gasteiger partial charge in [0.05, 0.1) is 0 Å². The molecule has 0 spiro atoms. The summed E-state index contributed by atoms with van der Waals surface area (Å²) in [4.78, 5) is 13.6. The van der Waals surface area contributed by atoms with Gasteiger partial charge in [0.15, 0.2) is 5.96 Å². The fourth-order valence-electron chi connectivity index (χ4n) is 3.06. The maximum atomic E-state index is 4.58. The van der Waals surface area contributed by atoms with Crippen molar-refractivity contribution in [3.8, 4) is 0 Å². The van der Waals surface area contributed by atoms with E-state index in [1.807, 2.05) is 13.2 Å². The van der Waals surface area contributed by atoms with Gasteiger partial charge in [-0.05, 0) is 37.3 Å². The largest absolute Gasteiger partial charge is 0.357 e. The zero-order chi connectivity index (χ0) is 16.9. The number of aliphatic imine (C=N–C) groups is 1. The van der Waals surface area contributed by atoms with Crippen molar-refractivity contribution in [2.24, 2.45) is 10.4 Å². The number of nitrogens with zero attached hydrogens (tertiary/aromatic N) is 4. The van der Waals surface area contributed by atoms with Gasteiger partial charge in [0.1, 0.15) is 5.82 Å². The number of pyridine rings is 1. The molecule has 1 aromatic rings. The monoisotopic (exact) mass is 445 g/mol. The molecule has 1 fully saturated rings. The van der Waals surface area contributed by atoms with Crippen LogP contribution in [-0.2, 0) is 6.54 Å². The molecule has 0 amide bonds. The van der Waals surface area contributed by atoms with Crippen molar-refractivity contribution < 1.29 is 0 Å². The summed E-state index contributed by atoms with van der Waals surface area (Å²) in [6, 6.07) is 4.25. The molecular formula is C18H32IN5. The van der Waals surface area contributed by atoms with Crippen molar-refractivity contribution in [3.63, 3.8) is 0 Å². The summed E-state index contributed by atoms with van der Waals surface area (Å²) in [7, 11) is 1.86. The van der Waals surface area contributed by atoms with E-state index in [0.717, 1.165) is 44.5 Å². The van der Waals surface area contributed by atoms with Gasteiger partial charge >= 0.3 is 0 Å². The molecule has 1 N–H and O–H groups in total. The molecule has 2 heterocycles. The molecule has 0 aromatic carbocycles. The van der Waals surface area contributed by atoms with Crippen LogP contribution in [0.3, 0.4) is 0 Å². The third-order valence-corrected chi connectivity index (χ3v) is 4.54. The maximum Gasteiger partial charge on any atom is 0.193 e. The lowest BCUT2D eigenvalue weighted by Crippen LogP contribution is -2.40. The van der Waals surface area contributed by atoms with Crippen molar-refractivity contribution in [2.45, 2.75) is 40.7 Å². The van der Waals surface area contributed by atoms with Crippen molar-refractivity contribution in [2.75, 3.05) is 38.1 Å². The third kappa shape index (κ3) is 5.50. The molecule has 1 aromatic heterocycles. The molecule has 0 bridgehead atoms. The molecule has 1 aliphatic rings. The lowest BCUT2D eigenvalue weighted by Gasteiger charge is -2.24. The average Bonchev–Trinajstić information content (AvgIpc) is 2.90. The highest BCUT2D eigenvalue weighted by molar-refractivity contribution is 14.0. The Hall–Kier alpha value is -1.05. The molecule has 0 aliphatic carbocycles. The SMILES string of the molecule is CCN(CC)c1ccc(CNC(=NC)N2CCC(C)(C)C2)cn1.I. The summed E-state index contributed by atoms with van der Waals surface area (Å²) >= 11 is 0. The first-order chi connectivity index (χ1) is 11.0. The summed E-state index contributed by atoms with van der Waals surface area (Å²) < 4.78 is 0. The smallest absolute Gasteiger partial charge is 0.193 e. The zero-order valence-electron chi connectivity index (χ0n) is 15.7. The first-order valence-corrected chi connectivity index (χ1v) is 8.64. The van der Waals surface area contributed by atoms with Crippen LogP contribution in [0.1, 0.15) is 39.7 Å². The van der Waals surface area contributed by atoms with E-state index < -0.39 is 0 Å². The van der Waals surface area contributed by atoms with Crippen molar-refractivity contribution in [3.05, 3.63) is 23.9 Å². The molecule has 5 nitrogen and oxygen atoms in total. The van der Waals surface area contributed by atoms with Crippen LogP contribution in [0, 0.1) is 5.41 Å². The van der Waals surface area contributed by atoms with Gasteiger partial charge in [0.2, 0.25) is 0 Å². The minimum Gasteiger partial charge on any atom is -0.357 e. The number of rotatable bonds is 5. The summed E-state index contributed by atoms with van der Waals surface area (Å²) in [6.07, 6.45) is 3.18. The van der Waals surface area contributed by atoms with E-state index in [9.17, 15) is 0 Å². The number of guanidine groups is 1. The average molecular weight is 445 g/mol.